The van der Waals surface area contributed by atoms with E-state index >= 15 is 0 Å². The molecule has 1 heterocycles. The van der Waals surface area contributed by atoms with Gasteiger partial charge in [-0.1, -0.05) is 35.5 Å². The van der Waals surface area contributed by atoms with Crippen LogP contribution in [0.5, 0.6) is 0 Å². The molecule has 0 aliphatic carbocycles. The lowest BCUT2D eigenvalue weighted by atomic mass is 10.1. The number of carbonyl (C=O) groups excluding carboxylic acids is 2. The van der Waals surface area contributed by atoms with E-state index in [0.717, 1.165) is 30.1 Å². The molecule has 7 heteroatoms. The maximum Gasteiger partial charge on any atom is 0.262 e. The van der Waals surface area contributed by atoms with Gasteiger partial charge in [-0.3, -0.25) is 9.59 Å². The van der Waals surface area contributed by atoms with Gasteiger partial charge < -0.3 is 15.5 Å². The van der Waals surface area contributed by atoms with Crippen LogP contribution in [0.4, 0.5) is 5.69 Å². The fourth-order valence-electron chi connectivity index (χ4n) is 3.11. The smallest absolute Gasteiger partial charge is 0.262 e. The highest BCUT2D eigenvalue weighted by molar-refractivity contribution is 8.04. The van der Waals surface area contributed by atoms with Gasteiger partial charge in [-0.2, -0.15) is 0 Å². The van der Waals surface area contributed by atoms with Crippen molar-refractivity contribution in [3.8, 4) is 0 Å². The molecule has 5 nitrogen and oxygen atoms in total. The van der Waals surface area contributed by atoms with Crippen molar-refractivity contribution in [2.24, 2.45) is 0 Å². The summed E-state index contributed by atoms with van der Waals surface area (Å²) < 4.78 is 0. The van der Waals surface area contributed by atoms with E-state index in [-0.39, 0.29) is 11.8 Å². The Morgan fingerprint density at radius 1 is 1.21 bits per heavy atom. The molecule has 0 saturated carbocycles. The Bertz CT molecular complexity index is 941. The number of hydrogen-bond donors (Lipinski definition) is 3. The van der Waals surface area contributed by atoms with E-state index in [9.17, 15) is 9.59 Å². The molecule has 2 aromatic carbocycles. The summed E-state index contributed by atoms with van der Waals surface area (Å²) in [6, 6.07) is 12.7. The van der Waals surface area contributed by atoms with E-state index in [2.05, 4.69) is 24.5 Å². The van der Waals surface area contributed by atoms with Crippen molar-refractivity contribution >= 4 is 46.9 Å². The number of rotatable bonds is 7. The van der Waals surface area contributed by atoms with Gasteiger partial charge in [-0.15, -0.1) is 0 Å². The summed E-state index contributed by atoms with van der Waals surface area (Å²) in [6.07, 6.45) is 1.81. The minimum Gasteiger partial charge on any atom is -0.346 e. The molecule has 2 amide bonds. The number of benzene rings is 2. The molecule has 152 valence electrons. The van der Waals surface area contributed by atoms with Gasteiger partial charge in [0.05, 0.1) is 36.8 Å². The fourth-order valence-corrected chi connectivity index (χ4v) is 4.24. The van der Waals surface area contributed by atoms with E-state index in [1.165, 1.54) is 16.7 Å². The highest BCUT2D eigenvalue weighted by atomic mass is 35.5. The van der Waals surface area contributed by atoms with Gasteiger partial charge in [-0.05, 0) is 55.8 Å². The summed E-state index contributed by atoms with van der Waals surface area (Å²) in [4.78, 5) is 27.9. The molecule has 29 heavy (non-hydrogen) atoms. The molecule has 2 aromatic rings. The number of nitrogens with one attached hydrogen (secondary N) is 3. The van der Waals surface area contributed by atoms with Crippen LogP contribution in [0.3, 0.4) is 0 Å². The normalized spacial score (nSPS) is 14.6. The van der Waals surface area contributed by atoms with Crippen LogP contribution in [-0.2, 0) is 4.79 Å². The second-order valence-electron chi connectivity index (χ2n) is 6.79. The minimum atomic E-state index is -0.190. The Balaban J connectivity index is 1.69. The summed E-state index contributed by atoms with van der Waals surface area (Å²) in [5.74, 6) is -0.316. The number of likely N-dealkylation sites (N-methyl/N-ethyl adjacent to an activating group) is 1. The first-order valence-electron chi connectivity index (χ1n) is 9.72. The number of thioether (sulfide) groups is 1. The first-order chi connectivity index (χ1) is 14.0. The van der Waals surface area contributed by atoms with Gasteiger partial charge in [0.25, 0.3) is 11.8 Å². The summed E-state index contributed by atoms with van der Waals surface area (Å²) >= 11 is 7.41. The molecular formula is C22H25ClN3O2S+. The zero-order valence-electron chi connectivity index (χ0n) is 16.5. The van der Waals surface area contributed by atoms with E-state index in [1.807, 2.05) is 30.3 Å². The van der Waals surface area contributed by atoms with Crippen LogP contribution in [0.15, 0.2) is 52.3 Å². The van der Waals surface area contributed by atoms with Gasteiger partial charge >= 0.3 is 0 Å². The van der Waals surface area contributed by atoms with E-state index in [0.29, 0.717) is 27.7 Å². The lowest BCUT2D eigenvalue weighted by Gasteiger charge is -2.19. The minimum absolute atomic E-state index is 0.126. The number of hydrogen-bond acceptors (Lipinski definition) is 3. The van der Waals surface area contributed by atoms with Crippen LogP contribution in [0.2, 0.25) is 5.02 Å². The SMILES string of the molecule is CC[NH+](CC)CCNC(=O)c1ccc2c(c1)NC(=O)C(=Cc1cccc(Cl)c1)S2. The summed E-state index contributed by atoms with van der Waals surface area (Å²) in [6.45, 7) is 7.88. The van der Waals surface area contributed by atoms with Crippen LogP contribution in [0, 0.1) is 0 Å². The molecule has 1 aliphatic heterocycles. The van der Waals surface area contributed by atoms with Gasteiger partial charge in [0.2, 0.25) is 0 Å². The Hall–Kier alpha value is -2.28. The molecule has 1 aliphatic rings. The number of quaternary nitrogens is 1. The van der Waals surface area contributed by atoms with Crippen molar-refractivity contribution in [2.75, 3.05) is 31.5 Å². The summed E-state index contributed by atoms with van der Waals surface area (Å²) in [7, 11) is 0. The number of fused-ring (bicyclic) bond motifs is 1. The Morgan fingerprint density at radius 2 is 2.00 bits per heavy atom. The van der Waals surface area contributed by atoms with E-state index in [4.69, 9.17) is 11.6 Å². The molecule has 0 saturated heterocycles. The van der Waals surface area contributed by atoms with Crippen LogP contribution in [0.25, 0.3) is 6.08 Å². The molecule has 0 unspecified atom stereocenters. The highest BCUT2D eigenvalue weighted by Crippen LogP contribution is 2.39. The van der Waals surface area contributed by atoms with Crippen molar-refractivity contribution in [3.63, 3.8) is 0 Å². The van der Waals surface area contributed by atoms with E-state index in [1.54, 1.807) is 18.2 Å². The molecule has 3 rings (SSSR count). The molecule has 0 radical (unpaired) electrons. The predicted molar refractivity (Wildman–Crippen MR) is 120 cm³/mol. The Labute approximate surface area is 180 Å². The second kappa shape index (κ2) is 9.96. The fraction of sp³-hybridized carbons (Fsp3) is 0.273. The van der Waals surface area contributed by atoms with Gasteiger partial charge in [0.15, 0.2) is 0 Å². The first kappa shape index (κ1) is 21.4. The quantitative estimate of drug-likeness (QED) is 0.591. The molecular weight excluding hydrogens is 406 g/mol. The molecule has 0 bridgehead atoms. The average molecular weight is 431 g/mol. The third-order valence-electron chi connectivity index (χ3n) is 4.84. The number of amides is 2. The maximum atomic E-state index is 12.5. The average Bonchev–Trinajstić information content (AvgIpc) is 2.71. The zero-order valence-corrected chi connectivity index (χ0v) is 18.1. The van der Waals surface area contributed by atoms with Gasteiger partial charge in [0, 0.05) is 15.5 Å². The number of halogens is 1. The van der Waals surface area contributed by atoms with E-state index < -0.39 is 0 Å². The van der Waals surface area contributed by atoms with Gasteiger partial charge in [0.1, 0.15) is 0 Å². The Kier molecular flexibility index (Phi) is 7.36. The van der Waals surface area contributed by atoms with Crippen molar-refractivity contribution < 1.29 is 14.5 Å². The standard InChI is InChI=1S/C22H24ClN3O2S/c1-3-26(4-2)11-10-24-21(27)16-8-9-19-18(14-16)25-22(28)20(29-19)13-15-6-5-7-17(23)12-15/h5-9,12-14H,3-4,10-11H2,1-2H3,(H,24,27)(H,25,28)/p+1. The van der Waals surface area contributed by atoms with Crippen LogP contribution < -0.4 is 15.5 Å². The van der Waals surface area contributed by atoms with Crippen LogP contribution in [0.1, 0.15) is 29.8 Å². The van der Waals surface area contributed by atoms with Crippen LogP contribution in [-0.4, -0.2) is 38.0 Å². The first-order valence-corrected chi connectivity index (χ1v) is 10.9. The molecule has 3 N–H and O–H groups in total. The molecule has 0 aromatic heterocycles. The Morgan fingerprint density at radius 3 is 2.72 bits per heavy atom. The van der Waals surface area contributed by atoms with Crippen molar-refractivity contribution in [2.45, 2.75) is 18.7 Å². The third-order valence-corrected chi connectivity index (χ3v) is 6.18. The number of anilines is 1. The van der Waals surface area contributed by atoms with Crippen molar-refractivity contribution in [3.05, 3.63) is 63.5 Å². The lowest BCUT2D eigenvalue weighted by molar-refractivity contribution is -0.895. The summed E-state index contributed by atoms with van der Waals surface area (Å²) in [5, 5.41) is 6.47. The van der Waals surface area contributed by atoms with Crippen molar-refractivity contribution in [1.29, 1.82) is 0 Å². The second-order valence-corrected chi connectivity index (χ2v) is 8.31. The lowest BCUT2D eigenvalue weighted by Crippen LogP contribution is -3.12. The largest absolute Gasteiger partial charge is 0.346 e. The molecule has 0 atom stereocenters. The monoisotopic (exact) mass is 430 g/mol. The molecule has 0 spiro atoms. The third kappa shape index (κ3) is 5.63. The molecule has 0 fully saturated rings. The topological polar surface area (TPSA) is 62.6 Å². The number of carbonyl (C=O) groups is 2. The maximum absolute atomic E-state index is 12.5. The zero-order chi connectivity index (χ0) is 20.8. The van der Waals surface area contributed by atoms with Crippen LogP contribution >= 0.6 is 23.4 Å². The summed E-state index contributed by atoms with van der Waals surface area (Å²) in [5.41, 5.74) is 2.07. The van der Waals surface area contributed by atoms with Gasteiger partial charge in [-0.25, -0.2) is 0 Å². The highest BCUT2D eigenvalue weighted by Gasteiger charge is 2.22. The predicted octanol–water partition coefficient (Wildman–Crippen LogP) is 3.08. The van der Waals surface area contributed by atoms with Crippen molar-refractivity contribution in [1.82, 2.24) is 5.32 Å².